The molecule has 9 aromatic rings. The SMILES string of the molecule is CC[Si]1(c2ccccc2)c2ccccc2B2c3cc(-n4c5c(c6ccccc64)CCC5)cc(-n4c5c(c6ccccc64)CCC5)c3N(c3ccc(C(C)(C)C)cc3)c3cccc1c32. The fraction of sp³-hybridized carbons (Fsp3) is 0.207. The normalized spacial score (nSPS) is 17.2. The molecule has 13 rings (SSSR count). The molecule has 3 nitrogen and oxygen atoms in total. The number of anilines is 3. The van der Waals surface area contributed by atoms with E-state index in [1.165, 1.54) is 113 Å². The molecule has 0 N–H and O–H groups in total. The fourth-order valence-corrected chi connectivity index (χ4v) is 18.0. The first-order valence-corrected chi connectivity index (χ1v) is 25.7. The molecule has 306 valence electrons. The molecule has 0 amide bonds. The van der Waals surface area contributed by atoms with Crippen molar-refractivity contribution in [3.63, 3.8) is 0 Å². The highest BCUT2D eigenvalue weighted by Gasteiger charge is 2.51. The van der Waals surface area contributed by atoms with Crippen molar-refractivity contribution in [3.8, 4) is 11.4 Å². The molecule has 0 saturated carbocycles. The third-order valence-electron chi connectivity index (χ3n) is 15.6. The van der Waals surface area contributed by atoms with Crippen LogP contribution in [0.25, 0.3) is 33.2 Å². The van der Waals surface area contributed by atoms with Gasteiger partial charge in [0.1, 0.15) is 8.07 Å². The molecule has 0 bridgehead atoms. The molecule has 1 atom stereocenters. The second kappa shape index (κ2) is 13.6. The van der Waals surface area contributed by atoms with Crippen molar-refractivity contribution in [1.29, 1.82) is 0 Å². The summed E-state index contributed by atoms with van der Waals surface area (Å²) in [6.07, 6.45) is 6.85. The second-order valence-corrected chi connectivity index (χ2v) is 23.9. The lowest BCUT2D eigenvalue weighted by molar-refractivity contribution is 0.590. The molecule has 1 unspecified atom stereocenters. The topological polar surface area (TPSA) is 13.1 Å². The summed E-state index contributed by atoms with van der Waals surface area (Å²) in [6, 6.07) is 62.9. The number of nitrogens with zero attached hydrogens (tertiary/aromatic N) is 3. The Kier molecular flexibility index (Phi) is 8.05. The van der Waals surface area contributed by atoms with E-state index in [1.807, 2.05) is 0 Å². The Labute approximate surface area is 372 Å². The average Bonchev–Trinajstić information content (AvgIpc) is 4.11. The maximum Gasteiger partial charge on any atom is 0.246 e. The largest absolute Gasteiger partial charge is 0.313 e. The lowest BCUT2D eigenvalue weighted by atomic mass is 9.34. The zero-order chi connectivity index (χ0) is 42.2. The second-order valence-electron chi connectivity index (χ2n) is 19.7. The summed E-state index contributed by atoms with van der Waals surface area (Å²) in [6.45, 7) is 9.50. The first kappa shape index (κ1) is 37.3. The highest BCUT2D eigenvalue weighted by Crippen LogP contribution is 2.46. The van der Waals surface area contributed by atoms with E-state index in [-0.39, 0.29) is 12.1 Å². The molecule has 63 heavy (non-hydrogen) atoms. The van der Waals surface area contributed by atoms with Crippen LogP contribution in [0.1, 0.15) is 68.6 Å². The van der Waals surface area contributed by atoms with Gasteiger partial charge in [0.25, 0.3) is 0 Å². The summed E-state index contributed by atoms with van der Waals surface area (Å²) in [4.78, 5) is 2.69. The van der Waals surface area contributed by atoms with E-state index < -0.39 is 8.07 Å². The van der Waals surface area contributed by atoms with Gasteiger partial charge in [-0.1, -0.05) is 159 Å². The number of rotatable bonds is 5. The van der Waals surface area contributed by atoms with Gasteiger partial charge >= 0.3 is 0 Å². The Balaban J connectivity index is 1.21. The summed E-state index contributed by atoms with van der Waals surface area (Å²) < 4.78 is 5.38. The molecule has 0 saturated heterocycles. The molecule has 2 aliphatic carbocycles. The molecule has 2 aliphatic heterocycles. The van der Waals surface area contributed by atoms with E-state index in [0.29, 0.717) is 0 Å². The first-order valence-electron chi connectivity index (χ1n) is 23.5. The Morgan fingerprint density at radius 1 is 0.540 bits per heavy atom. The minimum absolute atomic E-state index is 0.0472. The van der Waals surface area contributed by atoms with Crippen LogP contribution in [0.2, 0.25) is 6.04 Å². The Morgan fingerprint density at radius 3 is 1.86 bits per heavy atom. The van der Waals surface area contributed by atoms with E-state index in [2.05, 4.69) is 199 Å². The summed E-state index contributed by atoms with van der Waals surface area (Å²) in [5.41, 5.74) is 20.9. The van der Waals surface area contributed by atoms with E-state index in [1.54, 1.807) is 10.4 Å². The Hall–Kier alpha value is -6.30. The van der Waals surface area contributed by atoms with Gasteiger partial charge in [0.15, 0.2) is 0 Å². The molecule has 2 aromatic heterocycles. The zero-order valence-electron chi connectivity index (χ0n) is 36.9. The maximum atomic E-state index is 2.71. The molecule has 4 aliphatic rings. The highest BCUT2D eigenvalue weighted by atomic mass is 28.3. The van der Waals surface area contributed by atoms with Crippen LogP contribution >= 0.6 is 0 Å². The molecule has 5 heteroatoms. The van der Waals surface area contributed by atoms with Gasteiger partial charge in [0.2, 0.25) is 6.71 Å². The van der Waals surface area contributed by atoms with Crippen LogP contribution in [0.4, 0.5) is 17.1 Å². The lowest BCUT2D eigenvalue weighted by Gasteiger charge is -2.47. The van der Waals surface area contributed by atoms with Gasteiger partial charge in [0.05, 0.1) is 22.4 Å². The van der Waals surface area contributed by atoms with Crippen molar-refractivity contribution in [3.05, 3.63) is 186 Å². The van der Waals surface area contributed by atoms with Crippen molar-refractivity contribution in [2.75, 3.05) is 4.90 Å². The van der Waals surface area contributed by atoms with E-state index in [9.17, 15) is 0 Å². The lowest BCUT2D eigenvalue weighted by Crippen LogP contribution is -2.83. The van der Waals surface area contributed by atoms with Gasteiger partial charge in [-0.3, -0.25) is 0 Å². The number of aryl methyl sites for hydroxylation is 2. The summed E-state index contributed by atoms with van der Waals surface area (Å²) in [5.74, 6) is 0. The zero-order valence-corrected chi connectivity index (χ0v) is 37.9. The van der Waals surface area contributed by atoms with Crippen LogP contribution in [0.15, 0.2) is 158 Å². The Morgan fingerprint density at radius 2 is 1.16 bits per heavy atom. The fourth-order valence-electron chi connectivity index (χ4n) is 12.9. The van der Waals surface area contributed by atoms with Gasteiger partial charge in [0, 0.05) is 39.2 Å². The van der Waals surface area contributed by atoms with Crippen LogP contribution in [0, 0.1) is 0 Å². The van der Waals surface area contributed by atoms with Gasteiger partial charge in [-0.25, -0.2) is 0 Å². The maximum absolute atomic E-state index is 2.71. The molecule has 4 heterocycles. The van der Waals surface area contributed by atoms with Gasteiger partial charge in [-0.15, -0.1) is 0 Å². The van der Waals surface area contributed by atoms with Crippen molar-refractivity contribution in [2.24, 2.45) is 0 Å². The van der Waals surface area contributed by atoms with Crippen LogP contribution in [-0.2, 0) is 31.1 Å². The summed E-state index contributed by atoms with van der Waals surface area (Å²) in [7, 11) is -2.49. The van der Waals surface area contributed by atoms with Gasteiger partial charge < -0.3 is 14.0 Å². The third kappa shape index (κ3) is 5.09. The number of para-hydroxylation sites is 2. The molecule has 0 radical (unpaired) electrons. The van der Waals surface area contributed by atoms with E-state index in [4.69, 9.17) is 0 Å². The quantitative estimate of drug-likeness (QED) is 0.158. The van der Waals surface area contributed by atoms with Crippen LogP contribution in [-0.4, -0.2) is 23.9 Å². The predicted molar refractivity (Wildman–Crippen MR) is 270 cm³/mol. The van der Waals surface area contributed by atoms with Crippen molar-refractivity contribution in [1.82, 2.24) is 9.13 Å². The molecule has 0 spiro atoms. The Bertz CT molecular complexity index is 3330. The highest BCUT2D eigenvalue weighted by molar-refractivity contribution is 7.21. The van der Waals surface area contributed by atoms with Crippen molar-refractivity contribution < 1.29 is 0 Å². The molecular formula is C58H52BN3Si. The standard InChI is InChI=1S/C58H52BN3Si/c1-5-63(41-18-7-6-8-19-41)54-30-14-11-24-46(54)59-47-36-40(60-48-25-12-9-20-42(48)44-22-15-27-49(44)60)37-53(62-50-26-13-10-21-43(50)45-23-16-28-51(45)62)57(47)61(52-29-17-31-55(63)56(52)59)39-34-32-38(33-35-39)58(2,3)4/h6-14,17-21,24-26,29-37H,5,15-16,22-23,27-28H2,1-4H3. The van der Waals surface area contributed by atoms with Crippen LogP contribution < -0.4 is 36.8 Å². The smallest absolute Gasteiger partial charge is 0.246 e. The molecular weight excluding hydrogens is 778 g/mol. The number of benzene rings is 7. The minimum Gasteiger partial charge on any atom is -0.313 e. The van der Waals surface area contributed by atoms with Crippen LogP contribution in [0.5, 0.6) is 0 Å². The number of hydrogen-bond donors (Lipinski definition) is 0. The molecule has 0 fully saturated rings. The van der Waals surface area contributed by atoms with Crippen LogP contribution in [0.3, 0.4) is 0 Å². The third-order valence-corrected chi connectivity index (χ3v) is 20.7. The monoisotopic (exact) mass is 829 g/mol. The van der Waals surface area contributed by atoms with E-state index >= 15 is 0 Å². The van der Waals surface area contributed by atoms with Gasteiger partial charge in [-0.2, -0.15) is 0 Å². The number of hydrogen-bond acceptors (Lipinski definition) is 1. The molecule has 7 aromatic carbocycles. The van der Waals surface area contributed by atoms with Gasteiger partial charge in [-0.05, 0) is 125 Å². The minimum atomic E-state index is -2.49. The summed E-state index contributed by atoms with van der Waals surface area (Å²) >= 11 is 0. The van der Waals surface area contributed by atoms with Crippen molar-refractivity contribution >= 4 is 85.6 Å². The first-order chi connectivity index (χ1) is 30.9. The summed E-state index contributed by atoms with van der Waals surface area (Å²) in [5, 5.41) is 7.44. The number of aromatic nitrogens is 2. The van der Waals surface area contributed by atoms with E-state index in [0.717, 1.165) is 31.7 Å². The van der Waals surface area contributed by atoms with Crippen molar-refractivity contribution in [2.45, 2.75) is 77.7 Å². The number of fused-ring (bicyclic) bond motifs is 10. The average molecular weight is 830 g/mol. The predicted octanol–water partition coefficient (Wildman–Crippen LogP) is 9.95.